The van der Waals surface area contributed by atoms with Crippen molar-refractivity contribution in [3.63, 3.8) is 0 Å². The van der Waals surface area contributed by atoms with Crippen LogP contribution >= 0.6 is 0 Å². The summed E-state index contributed by atoms with van der Waals surface area (Å²) >= 11 is 0. The van der Waals surface area contributed by atoms with Gasteiger partial charge in [0.25, 0.3) is 0 Å². The van der Waals surface area contributed by atoms with Gasteiger partial charge in [-0.2, -0.15) is 0 Å². The molecule has 4 heteroatoms. The van der Waals surface area contributed by atoms with Crippen molar-refractivity contribution in [2.45, 2.75) is 72.4 Å². The van der Waals surface area contributed by atoms with Crippen molar-refractivity contribution in [1.29, 1.82) is 0 Å². The van der Waals surface area contributed by atoms with Crippen LogP contribution in [-0.4, -0.2) is 23.9 Å². The van der Waals surface area contributed by atoms with E-state index in [1.807, 2.05) is 0 Å². The Balaban J connectivity index is 1.59. The standard InChI is InChI=1S/C18H30N2O2/c1-10-6-11(15(21)19-13-8-17(13,2)3)12(7-10)16(22)20-14-9-18(14,4)5/h10-14H,6-9H2,1-5H3,(H,19,21)(H,20,22)/t10?,11?,12?,13-,14-/m0/s1. The van der Waals surface area contributed by atoms with Gasteiger partial charge in [0.1, 0.15) is 0 Å². The van der Waals surface area contributed by atoms with Crippen molar-refractivity contribution < 1.29 is 9.59 Å². The van der Waals surface area contributed by atoms with Crippen LogP contribution in [0.15, 0.2) is 0 Å². The van der Waals surface area contributed by atoms with Crippen LogP contribution in [0.5, 0.6) is 0 Å². The molecule has 0 aromatic carbocycles. The SMILES string of the molecule is CC1CC(C(=O)N[C@H]2CC2(C)C)C(C(=O)N[C@H]2CC2(C)C)C1. The van der Waals surface area contributed by atoms with E-state index in [0.29, 0.717) is 18.0 Å². The number of amides is 2. The lowest BCUT2D eigenvalue weighted by Crippen LogP contribution is -2.42. The Bertz CT molecular complexity index is 453. The first-order valence-electron chi connectivity index (χ1n) is 8.71. The number of carbonyl (C=O) groups excluding carboxylic acids is 2. The first-order valence-corrected chi connectivity index (χ1v) is 8.71. The summed E-state index contributed by atoms with van der Waals surface area (Å²) in [6, 6.07) is 0.587. The Hall–Kier alpha value is -1.06. The molecular formula is C18H30N2O2. The maximum absolute atomic E-state index is 12.6. The second-order valence-corrected chi connectivity index (χ2v) is 9.30. The van der Waals surface area contributed by atoms with Crippen molar-refractivity contribution in [3.8, 4) is 0 Å². The maximum atomic E-state index is 12.6. The molecule has 22 heavy (non-hydrogen) atoms. The average Bonchev–Trinajstić information content (AvgIpc) is 3.10. The Kier molecular flexibility index (Phi) is 3.57. The van der Waals surface area contributed by atoms with Crippen LogP contribution in [0.4, 0.5) is 0 Å². The summed E-state index contributed by atoms with van der Waals surface area (Å²) in [4.78, 5) is 25.2. The van der Waals surface area contributed by atoms with E-state index < -0.39 is 0 Å². The molecule has 0 aromatic rings. The van der Waals surface area contributed by atoms with Gasteiger partial charge < -0.3 is 10.6 Å². The fraction of sp³-hybridized carbons (Fsp3) is 0.889. The lowest BCUT2D eigenvalue weighted by molar-refractivity contribution is -0.134. The van der Waals surface area contributed by atoms with Gasteiger partial charge in [0, 0.05) is 23.9 Å². The Morgan fingerprint density at radius 3 is 1.41 bits per heavy atom. The highest BCUT2D eigenvalue weighted by Crippen LogP contribution is 2.47. The molecule has 0 spiro atoms. The van der Waals surface area contributed by atoms with E-state index in [0.717, 1.165) is 25.7 Å². The summed E-state index contributed by atoms with van der Waals surface area (Å²) in [5, 5.41) is 6.32. The fourth-order valence-corrected chi connectivity index (χ4v) is 3.86. The van der Waals surface area contributed by atoms with Gasteiger partial charge >= 0.3 is 0 Å². The molecule has 2 N–H and O–H groups in total. The van der Waals surface area contributed by atoms with Gasteiger partial charge in [-0.3, -0.25) is 9.59 Å². The lowest BCUT2D eigenvalue weighted by Gasteiger charge is -2.20. The molecule has 0 aromatic heterocycles. The third kappa shape index (κ3) is 3.02. The molecule has 0 radical (unpaired) electrons. The number of hydrogen-bond acceptors (Lipinski definition) is 2. The summed E-state index contributed by atoms with van der Waals surface area (Å²) in [5.74, 6) is 0.345. The topological polar surface area (TPSA) is 58.2 Å². The van der Waals surface area contributed by atoms with Gasteiger partial charge in [-0.1, -0.05) is 34.6 Å². The van der Waals surface area contributed by atoms with Crippen molar-refractivity contribution >= 4 is 11.8 Å². The second kappa shape index (κ2) is 4.97. The van der Waals surface area contributed by atoms with Gasteiger partial charge in [0.15, 0.2) is 0 Å². The van der Waals surface area contributed by atoms with E-state index in [1.165, 1.54) is 0 Å². The third-order valence-corrected chi connectivity index (χ3v) is 6.13. The number of rotatable bonds is 4. The first kappa shape index (κ1) is 15.8. The molecule has 3 rings (SSSR count). The van der Waals surface area contributed by atoms with Gasteiger partial charge in [0.05, 0.1) is 0 Å². The van der Waals surface area contributed by atoms with Crippen LogP contribution in [0, 0.1) is 28.6 Å². The van der Waals surface area contributed by atoms with Crippen LogP contribution in [0.1, 0.15) is 60.3 Å². The van der Waals surface area contributed by atoms with E-state index in [1.54, 1.807) is 0 Å². The Morgan fingerprint density at radius 2 is 1.14 bits per heavy atom. The van der Waals surface area contributed by atoms with Gasteiger partial charge in [0.2, 0.25) is 11.8 Å². The highest BCUT2D eigenvalue weighted by atomic mass is 16.2. The maximum Gasteiger partial charge on any atom is 0.224 e. The summed E-state index contributed by atoms with van der Waals surface area (Å²) in [6.45, 7) is 10.8. The van der Waals surface area contributed by atoms with Crippen LogP contribution < -0.4 is 10.6 Å². The predicted molar refractivity (Wildman–Crippen MR) is 86.0 cm³/mol. The lowest BCUT2D eigenvalue weighted by atomic mass is 9.94. The molecule has 124 valence electrons. The molecule has 0 aliphatic heterocycles. The normalized spacial score (nSPS) is 40.9. The zero-order chi connectivity index (χ0) is 16.3. The largest absolute Gasteiger partial charge is 0.353 e. The molecule has 4 atom stereocenters. The van der Waals surface area contributed by atoms with Crippen molar-refractivity contribution in [3.05, 3.63) is 0 Å². The summed E-state index contributed by atoms with van der Waals surface area (Å²) in [5.41, 5.74) is 0.464. The molecule has 3 aliphatic rings. The highest BCUT2D eigenvalue weighted by molar-refractivity contribution is 5.89. The molecule has 0 heterocycles. The number of carbonyl (C=O) groups is 2. The zero-order valence-corrected chi connectivity index (χ0v) is 14.5. The minimum Gasteiger partial charge on any atom is -0.353 e. The summed E-state index contributed by atoms with van der Waals surface area (Å²) in [7, 11) is 0. The molecule has 2 unspecified atom stereocenters. The molecule has 0 bridgehead atoms. The van der Waals surface area contributed by atoms with Crippen LogP contribution in [-0.2, 0) is 9.59 Å². The average molecular weight is 306 g/mol. The molecule has 4 nitrogen and oxygen atoms in total. The van der Waals surface area contributed by atoms with Crippen LogP contribution in [0.3, 0.4) is 0 Å². The number of hydrogen-bond donors (Lipinski definition) is 2. The Morgan fingerprint density at radius 1 is 0.818 bits per heavy atom. The van der Waals surface area contributed by atoms with E-state index in [9.17, 15) is 9.59 Å². The molecule has 3 aliphatic carbocycles. The fourth-order valence-electron chi connectivity index (χ4n) is 3.86. The molecular weight excluding hydrogens is 276 g/mol. The predicted octanol–water partition coefficient (Wildman–Crippen LogP) is 2.48. The van der Waals surface area contributed by atoms with Crippen molar-refractivity contribution in [2.75, 3.05) is 0 Å². The van der Waals surface area contributed by atoms with E-state index in [2.05, 4.69) is 45.3 Å². The monoisotopic (exact) mass is 306 g/mol. The number of nitrogens with one attached hydrogen (secondary N) is 2. The third-order valence-electron chi connectivity index (χ3n) is 6.13. The molecule has 0 saturated heterocycles. The van der Waals surface area contributed by atoms with Crippen molar-refractivity contribution in [2.24, 2.45) is 28.6 Å². The molecule has 2 amide bonds. The molecule has 3 saturated carbocycles. The van der Waals surface area contributed by atoms with Crippen molar-refractivity contribution in [1.82, 2.24) is 10.6 Å². The smallest absolute Gasteiger partial charge is 0.224 e. The summed E-state index contributed by atoms with van der Waals surface area (Å²) in [6.07, 6.45) is 3.78. The quantitative estimate of drug-likeness (QED) is 0.838. The molecule has 3 fully saturated rings. The minimum atomic E-state index is -0.145. The van der Waals surface area contributed by atoms with E-state index in [-0.39, 0.29) is 34.5 Å². The van der Waals surface area contributed by atoms with E-state index >= 15 is 0 Å². The van der Waals surface area contributed by atoms with E-state index in [4.69, 9.17) is 0 Å². The van der Waals surface area contributed by atoms with Gasteiger partial charge in [-0.15, -0.1) is 0 Å². The summed E-state index contributed by atoms with van der Waals surface area (Å²) < 4.78 is 0. The first-order chi connectivity index (χ1) is 10.1. The van der Waals surface area contributed by atoms with Crippen LogP contribution in [0.25, 0.3) is 0 Å². The van der Waals surface area contributed by atoms with Crippen LogP contribution in [0.2, 0.25) is 0 Å². The highest BCUT2D eigenvalue weighted by Gasteiger charge is 2.51. The van der Waals surface area contributed by atoms with Gasteiger partial charge in [-0.05, 0) is 42.4 Å². The minimum absolute atomic E-state index is 0.0927. The van der Waals surface area contributed by atoms with Gasteiger partial charge in [-0.25, -0.2) is 0 Å². The zero-order valence-electron chi connectivity index (χ0n) is 14.5. The second-order valence-electron chi connectivity index (χ2n) is 9.30. The Labute approximate surface area is 133 Å².